The van der Waals surface area contributed by atoms with Gasteiger partial charge in [0.2, 0.25) is 0 Å². The molecule has 0 atom stereocenters. The van der Waals surface area contributed by atoms with E-state index >= 15 is 0 Å². The average Bonchev–Trinajstić information content (AvgIpc) is 2.84. The molecule has 1 heterocycles. The van der Waals surface area contributed by atoms with Crippen LogP contribution in [0.15, 0.2) is 34.1 Å². The molecule has 1 N–H and O–H groups in total. The molecule has 0 spiro atoms. The second-order valence-electron chi connectivity index (χ2n) is 4.46. The Balaban J connectivity index is 1.92. The normalized spacial score (nSPS) is 10.8. The predicted octanol–water partition coefficient (Wildman–Crippen LogP) is 4.73. The maximum Gasteiger partial charge on any atom is 0.165 e. The second-order valence-corrected chi connectivity index (χ2v) is 6.37. The zero-order valence-electron chi connectivity index (χ0n) is 11.3. The number of hydrogen-bond acceptors (Lipinski definition) is 3. The van der Waals surface area contributed by atoms with Crippen molar-refractivity contribution < 1.29 is 9.13 Å². The third-order valence-electron chi connectivity index (χ3n) is 2.74. The van der Waals surface area contributed by atoms with Crippen LogP contribution in [0.1, 0.15) is 23.8 Å². The van der Waals surface area contributed by atoms with Gasteiger partial charge in [0.25, 0.3) is 0 Å². The Bertz CT molecular complexity index is 559. The Hall–Kier alpha value is -0.910. The SMILES string of the molecule is CCCNCc1ccc(OCc2cc(Br)cs2)c(F)c1. The van der Waals surface area contributed by atoms with Crippen molar-refractivity contribution in [1.82, 2.24) is 5.32 Å². The van der Waals surface area contributed by atoms with E-state index in [0.717, 1.165) is 27.9 Å². The van der Waals surface area contributed by atoms with Gasteiger partial charge in [-0.15, -0.1) is 11.3 Å². The Labute approximate surface area is 131 Å². The molecule has 0 unspecified atom stereocenters. The molecule has 1 aromatic carbocycles. The highest BCUT2D eigenvalue weighted by molar-refractivity contribution is 9.10. The van der Waals surface area contributed by atoms with E-state index < -0.39 is 0 Å². The summed E-state index contributed by atoms with van der Waals surface area (Å²) in [4.78, 5) is 1.06. The van der Waals surface area contributed by atoms with Crippen LogP contribution < -0.4 is 10.1 Å². The highest BCUT2D eigenvalue weighted by atomic mass is 79.9. The molecule has 108 valence electrons. The summed E-state index contributed by atoms with van der Waals surface area (Å²) in [7, 11) is 0. The van der Waals surface area contributed by atoms with Crippen molar-refractivity contribution in [2.24, 2.45) is 0 Å². The molecule has 0 radical (unpaired) electrons. The van der Waals surface area contributed by atoms with E-state index in [1.54, 1.807) is 17.4 Å². The lowest BCUT2D eigenvalue weighted by molar-refractivity contribution is 0.293. The first-order valence-corrected chi connectivity index (χ1v) is 8.21. The molecule has 0 saturated heterocycles. The van der Waals surface area contributed by atoms with Gasteiger partial charge in [0.05, 0.1) is 0 Å². The first-order valence-electron chi connectivity index (χ1n) is 6.54. The predicted molar refractivity (Wildman–Crippen MR) is 84.7 cm³/mol. The van der Waals surface area contributed by atoms with Crippen LogP contribution >= 0.6 is 27.3 Å². The molecule has 1 aromatic heterocycles. The Morgan fingerprint density at radius 3 is 2.85 bits per heavy atom. The average molecular weight is 358 g/mol. The molecular formula is C15H17BrFNOS. The van der Waals surface area contributed by atoms with Crippen molar-refractivity contribution in [2.45, 2.75) is 26.5 Å². The highest BCUT2D eigenvalue weighted by Gasteiger charge is 2.06. The van der Waals surface area contributed by atoms with E-state index in [-0.39, 0.29) is 5.82 Å². The Morgan fingerprint density at radius 2 is 2.20 bits per heavy atom. The molecule has 2 rings (SSSR count). The molecule has 20 heavy (non-hydrogen) atoms. The minimum absolute atomic E-state index is 0.300. The second kappa shape index (κ2) is 7.76. The smallest absolute Gasteiger partial charge is 0.165 e. The standard InChI is InChI=1S/C15H17BrFNOS/c1-2-5-18-8-11-3-4-15(14(17)6-11)19-9-13-7-12(16)10-20-13/h3-4,6-7,10,18H,2,5,8-9H2,1H3. The number of hydrogen-bond donors (Lipinski definition) is 1. The van der Waals surface area contributed by atoms with E-state index in [2.05, 4.69) is 28.2 Å². The fraction of sp³-hybridized carbons (Fsp3) is 0.333. The van der Waals surface area contributed by atoms with Crippen LogP contribution in [-0.4, -0.2) is 6.54 Å². The van der Waals surface area contributed by atoms with Crippen molar-refractivity contribution in [3.05, 3.63) is 50.4 Å². The van der Waals surface area contributed by atoms with Gasteiger partial charge >= 0.3 is 0 Å². The van der Waals surface area contributed by atoms with Crippen molar-refractivity contribution in [1.29, 1.82) is 0 Å². The molecule has 5 heteroatoms. The molecule has 2 nitrogen and oxygen atoms in total. The highest BCUT2D eigenvalue weighted by Crippen LogP contribution is 2.23. The fourth-order valence-electron chi connectivity index (χ4n) is 1.76. The van der Waals surface area contributed by atoms with Gasteiger partial charge in [0.1, 0.15) is 6.61 Å². The Morgan fingerprint density at radius 1 is 1.35 bits per heavy atom. The van der Waals surface area contributed by atoms with E-state index in [1.807, 2.05) is 17.5 Å². The lowest BCUT2D eigenvalue weighted by Gasteiger charge is -2.08. The van der Waals surface area contributed by atoms with Gasteiger partial charge in [0, 0.05) is 21.3 Å². The molecule has 2 aromatic rings. The molecule has 0 aliphatic heterocycles. The topological polar surface area (TPSA) is 21.3 Å². The summed E-state index contributed by atoms with van der Waals surface area (Å²) in [6.07, 6.45) is 1.07. The minimum Gasteiger partial charge on any atom is -0.485 e. The van der Waals surface area contributed by atoms with Gasteiger partial charge in [-0.1, -0.05) is 13.0 Å². The van der Waals surface area contributed by atoms with Crippen molar-refractivity contribution in [3.63, 3.8) is 0 Å². The van der Waals surface area contributed by atoms with E-state index in [1.165, 1.54) is 6.07 Å². The van der Waals surface area contributed by atoms with Gasteiger partial charge in [-0.3, -0.25) is 0 Å². The lowest BCUT2D eigenvalue weighted by Crippen LogP contribution is -2.13. The van der Waals surface area contributed by atoms with Gasteiger partial charge < -0.3 is 10.1 Å². The largest absolute Gasteiger partial charge is 0.485 e. The summed E-state index contributed by atoms with van der Waals surface area (Å²) >= 11 is 4.97. The van der Waals surface area contributed by atoms with E-state index in [4.69, 9.17) is 4.74 Å². The minimum atomic E-state index is -0.309. The maximum atomic E-state index is 13.9. The molecule has 0 aliphatic rings. The summed E-state index contributed by atoms with van der Waals surface area (Å²) in [6, 6.07) is 7.10. The Kier molecular flexibility index (Phi) is 6.01. The maximum absolute atomic E-state index is 13.9. The van der Waals surface area contributed by atoms with Gasteiger partial charge in [-0.25, -0.2) is 4.39 Å². The monoisotopic (exact) mass is 357 g/mol. The summed E-state index contributed by atoms with van der Waals surface area (Å²) < 4.78 is 20.4. The third kappa shape index (κ3) is 4.58. The van der Waals surface area contributed by atoms with Crippen LogP contribution in [0.3, 0.4) is 0 Å². The van der Waals surface area contributed by atoms with Crippen LogP contribution in [0.2, 0.25) is 0 Å². The number of ether oxygens (including phenoxy) is 1. The third-order valence-corrected chi connectivity index (χ3v) is 4.42. The van der Waals surface area contributed by atoms with Gasteiger partial charge in [-0.05, 0) is 52.7 Å². The number of rotatable bonds is 7. The first kappa shape index (κ1) is 15.5. The zero-order chi connectivity index (χ0) is 14.4. The van der Waals surface area contributed by atoms with E-state index in [9.17, 15) is 4.39 Å². The van der Waals surface area contributed by atoms with Crippen LogP contribution in [0, 0.1) is 5.82 Å². The zero-order valence-corrected chi connectivity index (χ0v) is 13.7. The first-order chi connectivity index (χ1) is 9.69. The van der Waals surface area contributed by atoms with Crippen molar-refractivity contribution in [3.8, 4) is 5.75 Å². The van der Waals surface area contributed by atoms with Gasteiger partial charge in [-0.2, -0.15) is 0 Å². The molecule has 0 aliphatic carbocycles. The molecule has 0 bridgehead atoms. The number of halogens is 2. The number of nitrogens with one attached hydrogen (secondary N) is 1. The summed E-state index contributed by atoms with van der Waals surface area (Å²) in [5.41, 5.74) is 0.933. The van der Waals surface area contributed by atoms with Crippen molar-refractivity contribution >= 4 is 27.3 Å². The van der Waals surface area contributed by atoms with Crippen LogP contribution in [0.25, 0.3) is 0 Å². The fourth-order valence-corrected chi connectivity index (χ4v) is 3.12. The summed E-state index contributed by atoms with van der Waals surface area (Å²) in [5, 5.41) is 5.23. The molecule has 0 amide bonds. The summed E-state index contributed by atoms with van der Waals surface area (Å²) in [5.74, 6) is -0.00909. The molecule has 0 fully saturated rings. The van der Waals surface area contributed by atoms with Crippen LogP contribution in [0.4, 0.5) is 4.39 Å². The quantitative estimate of drug-likeness (QED) is 0.723. The molecule has 0 saturated carbocycles. The lowest BCUT2D eigenvalue weighted by atomic mass is 10.2. The number of benzene rings is 1. The molecular weight excluding hydrogens is 341 g/mol. The summed E-state index contributed by atoms with van der Waals surface area (Å²) in [6.45, 7) is 4.12. The van der Waals surface area contributed by atoms with Crippen LogP contribution in [-0.2, 0) is 13.2 Å². The number of thiophene rings is 1. The van der Waals surface area contributed by atoms with Crippen LogP contribution in [0.5, 0.6) is 5.75 Å². The van der Waals surface area contributed by atoms with Crippen molar-refractivity contribution in [2.75, 3.05) is 6.54 Å². The van der Waals surface area contributed by atoms with E-state index in [0.29, 0.717) is 18.9 Å². The van der Waals surface area contributed by atoms with Gasteiger partial charge in [0.15, 0.2) is 11.6 Å².